The molecule has 0 saturated carbocycles. The highest BCUT2D eigenvalue weighted by atomic mass is 14.9. The van der Waals surface area contributed by atoms with E-state index < -0.39 is 0 Å². The van der Waals surface area contributed by atoms with Gasteiger partial charge in [0, 0.05) is 17.5 Å². The van der Waals surface area contributed by atoms with Crippen LogP contribution < -0.4 is 0 Å². The van der Waals surface area contributed by atoms with E-state index in [1.807, 2.05) is 0 Å². The molecule has 1 heterocycles. The molecule has 0 fully saturated rings. The van der Waals surface area contributed by atoms with Gasteiger partial charge >= 0.3 is 0 Å². The quantitative estimate of drug-likeness (QED) is 0.817. The Labute approximate surface area is 127 Å². The Bertz CT molecular complexity index is 601. The molecule has 0 aliphatic heterocycles. The Kier molecular flexibility index (Phi) is 4.33. The van der Waals surface area contributed by atoms with E-state index in [9.17, 15) is 0 Å². The van der Waals surface area contributed by atoms with Crippen molar-refractivity contribution in [3.8, 4) is 11.4 Å². The first kappa shape index (κ1) is 14.2. The summed E-state index contributed by atoms with van der Waals surface area (Å²) in [7, 11) is 0. The maximum absolute atomic E-state index is 4.82. The first-order chi connectivity index (χ1) is 10.3. The van der Waals surface area contributed by atoms with E-state index >= 15 is 0 Å². The average Bonchev–Trinajstić information content (AvgIpc) is 2.55. The van der Waals surface area contributed by atoms with E-state index in [-0.39, 0.29) is 0 Å². The fourth-order valence-electron chi connectivity index (χ4n) is 3.27. The Hall–Kier alpha value is -1.70. The zero-order valence-corrected chi connectivity index (χ0v) is 13.1. The summed E-state index contributed by atoms with van der Waals surface area (Å²) in [5.74, 6) is 1.71. The fourth-order valence-corrected chi connectivity index (χ4v) is 3.27. The van der Waals surface area contributed by atoms with Crippen molar-refractivity contribution in [2.45, 2.75) is 52.4 Å². The highest BCUT2D eigenvalue weighted by Crippen LogP contribution is 2.28. The maximum Gasteiger partial charge on any atom is 0.159 e. The summed E-state index contributed by atoms with van der Waals surface area (Å²) in [6, 6.07) is 8.64. The number of aryl methyl sites for hydroxylation is 2. The lowest BCUT2D eigenvalue weighted by molar-refractivity contribution is 0.417. The van der Waals surface area contributed by atoms with Crippen molar-refractivity contribution in [3.05, 3.63) is 47.3 Å². The van der Waals surface area contributed by atoms with Crippen LogP contribution in [-0.2, 0) is 19.3 Å². The average molecular weight is 280 g/mol. The minimum absolute atomic E-state index is 0.834. The summed E-state index contributed by atoms with van der Waals surface area (Å²) in [6.45, 7) is 4.45. The van der Waals surface area contributed by atoms with Gasteiger partial charge in [-0.25, -0.2) is 9.97 Å². The first-order valence-electron chi connectivity index (χ1n) is 8.24. The molecule has 110 valence electrons. The van der Waals surface area contributed by atoms with Gasteiger partial charge in [0.25, 0.3) is 0 Å². The van der Waals surface area contributed by atoms with E-state index in [1.54, 1.807) is 0 Å². The molecule has 1 aliphatic carbocycles. The van der Waals surface area contributed by atoms with E-state index in [1.165, 1.54) is 36.1 Å². The highest BCUT2D eigenvalue weighted by molar-refractivity contribution is 5.55. The van der Waals surface area contributed by atoms with Crippen molar-refractivity contribution >= 4 is 0 Å². The van der Waals surface area contributed by atoms with Gasteiger partial charge in [0.05, 0.1) is 0 Å². The van der Waals surface area contributed by atoms with Crippen LogP contribution in [0.25, 0.3) is 11.4 Å². The Morgan fingerprint density at radius 2 is 1.95 bits per heavy atom. The number of fused-ring (bicyclic) bond motifs is 1. The number of benzene rings is 1. The van der Waals surface area contributed by atoms with Crippen molar-refractivity contribution in [2.24, 2.45) is 5.92 Å². The smallest absolute Gasteiger partial charge is 0.159 e. The molecular weight excluding hydrogens is 256 g/mol. The van der Waals surface area contributed by atoms with Gasteiger partial charge in [0.2, 0.25) is 0 Å². The van der Waals surface area contributed by atoms with Gasteiger partial charge < -0.3 is 0 Å². The molecule has 1 aromatic heterocycles. The molecule has 0 N–H and O–H groups in total. The van der Waals surface area contributed by atoms with Crippen LogP contribution in [0.4, 0.5) is 0 Å². The number of rotatable bonds is 4. The third-order valence-corrected chi connectivity index (χ3v) is 4.57. The molecule has 0 bridgehead atoms. The summed E-state index contributed by atoms with van der Waals surface area (Å²) >= 11 is 0. The van der Waals surface area contributed by atoms with Crippen molar-refractivity contribution in [3.63, 3.8) is 0 Å². The molecule has 21 heavy (non-hydrogen) atoms. The third-order valence-electron chi connectivity index (χ3n) is 4.57. The van der Waals surface area contributed by atoms with Crippen LogP contribution in [0, 0.1) is 5.92 Å². The highest BCUT2D eigenvalue weighted by Gasteiger charge is 2.20. The van der Waals surface area contributed by atoms with Gasteiger partial charge in [-0.2, -0.15) is 0 Å². The summed E-state index contributed by atoms with van der Waals surface area (Å²) in [5, 5.41) is 0. The van der Waals surface area contributed by atoms with Crippen LogP contribution >= 0.6 is 0 Å². The zero-order chi connectivity index (χ0) is 14.7. The standard InChI is InChI=1S/C19H24N2/c1-3-5-15-8-11-18-17(12-15)13-20-19(21-18)16-9-6-14(4-2)7-10-16/h6-7,9-10,13,15H,3-5,8,11-12H2,1-2H3. The number of hydrogen-bond acceptors (Lipinski definition) is 2. The van der Waals surface area contributed by atoms with Crippen LogP contribution in [0.2, 0.25) is 0 Å². The predicted octanol–water partition coefficient (Wildman–Crippen LogP) is 4.61. The fraction of sp³-hybridized carbons (Fsp3) is 0.474. The molecule has 1 aliphatic rings. The van der Waals surface area contributed by atoms with Gasteiger partial charge in [0.15, 0.2) is 5.82 Å². The van der Waals surface area contributed by atoms with Crippen LogP contribution in [0.1, 0.15) is 49.9 Å². The molecule has 3 rings (SSSR count). The predicted molar refractivity (Wildman–Crippen MR) is 87.3 cm³/mol. The van der Waals surface area contributed by atoms with Crippen molar-refractivity contribution in [1.29, 1.82) is 0 Å². The second kappa shape index (κ2) is 6.38. The van der Waals surface area contributed by atoms with E-state index in [0.29, 0.717) is 0 Å². The van der Waals surface area contributed by atoms with Crippen molar-refractivity contribution in [2.75, 3.05) is 0 Å². The Morgan fingerprint density at radius 3 is 2.67 bits per heavy atom. The summed E-state index contributed by atoms with van der Waals surface area (Å²) in [4.78, 5) is 9.42. The molecule has 0 radical (unpaired) electrons. The van der Waals surface area contributed by atoms with Crippen LogP contribution in [0.5, 0.6) is 0 Å². The van der Waals surface area contributed by atoms with Crippen LogP contribution in [0.15, 0.2) is 30.5 Å². The number of hydrogen-bond donors (Lipinski definition) is 0. The molecule has 1 aromatic carbocycles. The van der Waals surface area contributed by atoms with Gasteiger partial charge in [-0.1, -0.05) is 51.0 Å². The molecule has 0 saturated heterocycles. The minimum Gasteiger partial charge on any atom is -0.236 e. The van der Waals surface area contributed by atoms with Crippen LogP contribution in [-0.4, -0.2) is 9.97 Å². The van der Waals surface area contributed by atoms with Gasteiger partial charge in [-0.05, 0) is 42.7 Å². The van der Waals surface area contributed by atoms with Crippen molar-refractivity contribution in [1.82, 2.24) is 9.97 Å². The number of nitrogens with zero attached hydrogens (tertiary/aromatic N) is 2. The topological polar surface area (TPSA) is 25.8 Å². The van der Waals surface area contributed by atoms with E-state index in [2.05, 4.69) is 49.3 Å². The summed E-state index contributed by atoms with van der Waals surface area (Å²) in [5.41, 5.74) is 5.13. The first-order valence-corrected chi connectivity index (χ1v) is 8.24. The largest absolute Gasteiger partial charge is 0.236 e. The summed E-state index contributed by atoms with van der Waals surface area (Å²) in [6.07, 6.45) is 9.31. The van der Waals surface area contributed by atoms with Crippen molar-refractivity contribution < 1.29 is 0 Å². The second-order valence-electron chi connectivity index (χ2n) is 6.11. The molecular formula is C19H24N2. The van der Waals surface area contributed by atoms with Gasteiger partial charge in [0.1, 0.15) is 0 Å². The van der Waals surface area contributed by atoms with Crippen LogP contribution in [0.3, 0.4) is 0 Å². The molecule has 1 unspecified atom stereocenters. The molecule has 2 heteroatoms. The Morgan fingerprint density at radius 1 is 1.14 bits per heavy atom. The SMILES string of the molecule is CCCC1CCc2nc(-c3ccc(CC)cc3)ncc2C1. The zero-order valence-electron chi connectivity index (χ0n) is 13.1. The lowest BCUT2D eigenvalue weighted by Gasteiger charge is -2.23. The lowest BCUT2D eigenvalue weighted by atomic mass is 9.84. The number of aromatic nitrogens is 2. The van der Waals surface area contributed by atoms with Gasteiger partial charge in [-0.3, -0.25) is 0 Å². The van der Waals surface area contributed by atoms with E-state index in [0.717, 1.165) is 36.6 Å². The molecule has 2 aromatic rings. The molecule has 2 nitrogen and oxygen atoms in total. The Balaban J connectivity index is 1.83. The second-order valence-corrected chi connectivity index (χ2v) is 6.11. The minimum atomic E-state index is 0.834. The van der Waals surface area contributed by atoms with Gasteiger partial charge in [-0.15, -0.1) is 0 Å². The molecule has 1 atom stereocenters. The normalized spacial score (nSPS) is 17.5. The third kappa shape index (κ3) is 3.15. The maximum atomic E-state index is 4.82. The van der Waals surface area contributed by atoms with E-state index in [4.69, 9.17) is 4.98 Å². The molecule has 0 spiro atoms. The molecule has 0 amide bonds. The summed E-state index contributed by atoms with van der Waals surface area (Å²) < 4.78 is 0. The lowest BCUT2D eigenvalue weighted by Crippen LogP contribution is -2.16. The monoisotopic (exact) mass is 280 g/mol.